The third-order valence-electron chi connectivity index (χ3n) is 2.43. The molecule has 1 rings (SSSR count). The lowest BCUT2D eigenvalue weighted by molar-refractivity contribution is -0.148. The summed E-state index contributed by atoms with van der Waals surface area (Å²) >= 11 is 0. The first-order chi connectivity index (χ1) is 7.72. The van der Waals surface area contributed by atoms with Crippen LogP contribution in [-0.2, 0) is 16.0 Å². The van der Waals surface area contributed by atoms with Crippen LogP contribution in [0, 0.1) is 0 Å². The Morgan fingerprint density at radius 1 is 1.31 bits per heavy atom. The number of hydrogen-bond acceptors (Lipinski definition) is 2. The Bertz CT molecular complexity index is 306. The third-order valence-corrected chi connectivity index (χ3v) is 2.43. The molecule has 0 heterocycles. The van der Waals surface area contributed by atoms with Gasteiger partial charge in [-0.05, 0) is 18.9 Å². The van der Waals surface area contributed by atoms with E-state index in [1.165, 1.54) is 5.56 Å². The van der Waals surface area contributed by atoms with Gasteiger partial charge in [0, 0.05) is 12.8 Å². The minimum absolute atomic E-state index is 0.0354. The molecule has 0 N–H and O–H groups in total. The van der Waals surface area contributed by atoms with E-state index in [0.717, 1.165) is 19.3 Å². The second kappa shape index (κ2) is 7.04. The maximum Gasteiger partial charge on any atom is 0.306 e. The molecule has 0 amide bonds. The fourth-order valence-electron chi connectivity index (χ4n) is 1.59. The van der Waals surface area contributed by atoms with Gasteiger partial charge in [-0.25, -0.2) is 0 Å². The Kier molecular flexibility index (Phi) is 5.62. The summed E-state index contributed by atoms with van der Waals surface area (Å²) in [7, 11) is 0. The van der Waals surface area contributed by atoms with Gasteiger partial charge in [0.25, 0.3) is 0 Å². The van der Waals surface area contributed by atoms with E-state index in [-0.39, 0.29) is 12.1 Å². The van der Waals surface area contributed by atoms with Crippen LogP contribution in [0.25, 0.3) is 0 Å². The standard InChI is InChI=1S/C14H20O2/c1-3-4-10-14(15)16-12(2)11-13-8-6-5-7-9-13/h5-9,12H,3-4,10-11H2,1-2H3/t12-/m0/s1. The predicted molar refractivity (Wildman–Crippen MR) is 65.2 cm³/mol. The van der Waals surface area contributed by atoms with Gasteiger partial charge < -0.3 is 4.74 Å². The fourth-order valence-corrected chi connectivity index (χ4v) is 1.59. The summed E-state index contributed by atoms with van der Waals surface area (Å²) < 4.78 is 5.32. The summed E-state index contributed by atoms with van der Waals surface area (Å²) in [5, 5.41) is 0. The van der Waals surface area contributed by atoms with Crippen LogP contribution in [0.3, 0.4) is 0 Å². The predicted octanol–water partition coefficient (Wildman–Crippen LogP) is 3.35. The van der Waals surface area contributed by atoms with Crippen molar-refractivity contribution in [3.05, 3.63) is 35.9 Å². The van der Waals surface area contributed by atoms with Gasteiger partial charge in [0.05, 0.1) is 0 Å². The molecule has 0 saturated heterocycles. The van der Waals surface area contributed by atoms with Crippen molar-refractivity contribution in [3.8, 4) is 0 Å². The normalized spacial score (nSPS) is 12.1. The average molecular weight is 220 g/mol. The molecule has 0 spiro atoms. The first-order valence-electron chi connectivity index (χ1n) is 5.95. The highest BCUT2D eigenvalue weighted by molar-refractivity contribution is 5.69. The number of unbranched alkanes of at least 4 members (excludes halogenated alkanes) is 1. The zero-order chi connectivity index (χ0) is 11.8. The molecule has 0 saturated carbocycles. The Labute approximate surface area is 97.6 Å². The molecule has 0 aromatic heterocycles. The van der Waals surface area contributed by atoms with Crippen molar-refractivity contribution in [1.29, 1.82) is 0 Å². The number of ether oxygens (including phenoxy) is 1. The van der Waals surface area contributed by atoms with Crippen LogP contribution < -0.4 is 0 Å². The number of benzene rings is 1. The second-order valence-electron chi connectivity index (χ2n) is 4.09. The number of esters is 1. The van der Waals surface area contributed by atoms with E-state index in [1.807, 2.05) is 25.1 Å². The molecule has 88 valence electrons. The highest BCUT2D eigenvalue weighted by Gasteiger charge is 2.09. The van der Waals surface area contributed by atoms with E-state index in [2.05, 4.69) is 19.1 Å². The summed E-state index contributed by atoms with van der Waals surface area (Å²) in [5.74, 6) is -0.0784. The molecule has 0 bridgehead atoms. The molecule has 2 heteroatoms. The Balaban J connectivity index is 2.30. The molecular weight excluding hydrogens is 200 g/mol. The lowest BCUT2D eigenvalue weighted by atomic mass is 10.1. The van der Waals surface area contributed by atoms with E-state index >= 15 is 0 Å². The van der Waals surface area contributed by atoms with Gasteiger partial charge in [0.2, 0.25) is 0 Å². The van der Waals surface area contributed by atoms with Crippen molar-refractivity contribution in [3.63, 3.8) is 0 Å². The second-order valence-corrected chi connectivity index (χ2v) is 4.09. The van der Waals surface area contributed by atoms with Gasteiger partial charge in [-0.1, -0.05) is 43.7 Å². The smallest absolute Gasteiger partial charge is 0.306 e. The monoisotopic (exact) mass is 220 g/mol. The lowest BCUT2D eigenvalue weighted by Gasteiger charge is -2.13. The zero-order valence-electron chi connectivity index (χ0n) is 10.1. The number of hydrogen-bond donors (Lipinski definition) is 0. The molecule has 1 aromatic carbocycles. The summed E-state index contributed by atoms with van der Waals surface area (Å²) in [5.41, 5.74) is 1.21. The van der Waals surface area contributed by atoms with Crippen molar-refractivity contribution in [2.24, 2.45) is 0 Å². The molecule has 0 fully saturated rings. The van der Waals surface area contributed by atoms with Crippen LogP contribution >= 0.6 is 0 Å². The van der Waals surface area contributed by atoms with Crippen LogP contribution in [0.15, 0.2) is 30.3 Å². The molecule has 0 aliphatic carbocycles. The molecule has 0 aliphatic heterocycles. The molecule has 0 aliphatic rings. The van der Waals surface area contributed by atoms with Crippen LogP contribution in [0.1, 0.15) is 38.7 Å². The first-order valence-corrected chi connectivity index (χ1v) is 5.95. The SMILES string of the molecule is CCCCC(=O)O[C@@H](C)Cc1ccccc1. The van der Waals surface area contributed by atoms with Gasteiger partial charge in [0.15, 0.2) is 0 Å². The summed E-state index contributed by atoms with van der Waals surface area (Å²) in [6.07, 6.45) is 3.24. The van der Waals surface area contributed by atoms with E-state index in [9.17, 15) is 4.79 Å². The van der Waals surface area contributed by atoms with Crippen LogP contribution in [0.2, 0.25) is 0 Å². The van der Waals surface area contributed by atoms with E-state index in [4.69, 9.17) is 4.74 Å². The lowest BCUT2D eigenvalue weighted by Crippen LogP contribution is -2.17. The highest BCUT2D eigenvalue weighted by atomic mass is 16.5. The average Bonchev–Trinajstić information content (AvgIpc) is 2.27. The van der Waals surface area contributed by atoms with Gasteiger partial charge in [-0.2, -0.15) is 0 Å². The van der Waals surface area contributed by atoms with E-state index in [1.54, 1.807) is 0 Å². The van der Waals surface area contributed by atoms with Crippen LogP contribution in [-0.4, -0.2) is 12.1 Å². The largest absolute Gasteiger partial charge is 0.462 e. The zero-order valence-corrected chi connectivity index (χ0v) is 10.1. The van der Waals surface area contributed by atoms with Gasteiger partial charge in [-0.3, -0.25) is 4.79 Å². The van der Waals surface area contributed by atoms with E-state index < -0.39 is 0 Å². The number of rotatable bonds is 6. The van der Waals surface area contributed by atoms with Gasteiger partial charge in [-0.15, -0.1) is 0 Å². The molecule has 0 unspecified atom stereocenters. The Hall–Kier alpha value is -1.31. The fraction of sp³-hybridized carbons (Fsp3) is 0.500. The van der Waals surface area contributed by atoms with Crippen molar-refractivity contribution in [1.82, 2.24) is 0 Å². The number of carbonyl (C=O) groups is 1. The third kappa shape index (κ3) is 4.96. The van der Waals surface area contributed by atoms with Crippen molar-refractivity contribution in [2.45, 2.75) is 45.6 Å². The van der Waals surface area contributed by atoms with Crippen molar-refractivity contribution < 1.29 is 9.53 Å². The van der Waals surface area contributed by atoms with Crippen LogP contribution in [0.4, 0.5) is 0 Å². The molecule has 0 radical (unpaired) electrons. The van der Waals surface area contributed by atoms with E-state index in [0.29, 0.717) is 6.42 Å². The molecule has 2 nitrogen and oxygen atoms in total. The minimum Gasteiger partial charge on any atom is -0.462 e. The molecule has 1 aromatic rings. The first kappa shape index (κ1) is 12.8. The minimum atomic E-state index is -0.0784. The molecular formula is C14H20O2. The Morgan fingerprint density at radius 2 is 2.00 bits per heavy atom. The molecule has 1 atom stereocenters. The quantitative estimate of drug-likeness (QED) is 0.687. The summed E-state index contributed by atoms with van der Waals surface area (Å²) in [6, 6.07) is 10.1. The van der Waals surface area contributed by atoms with Crippen molar-refractivity contribution in [2.75, 3.05) is 0 Å². The van der Waals surface area contributed by atoms with Crippen molar-refractivity contribution >= 4 is 5.97 Å². The van der Waals surface area contributed by atoms with Gasteiger partial charge >= 0.3 is 5.97 Å². The van der Waals surface area contributed by atoms with Crippen LogP contribution in [0.5, 0.6) is 0 Å². The van der Waals surface area contributed by atoms with Gasteiger partial charge in [0.1, 0.15) is 6.10 Å². The topological polar surface area (TPSA) is 26.3 Å². The summed E-state index contributed by atoms with van der Waals surface area (Å²) in [4.78, 5) is 11.4. The summed E-state index contributed by atoms with van der Waals surface area (Å²) in [6.45, 7) is 4.01. The number of carbonyl (C=O) groups excluding carboxylic acids is 1. The highest BCUT2D eigenvalue weighted by Crippen LogP contribution is 2.07. The molecule has 16 heavy (non-hydrogen) atoms. The maximum absolute atomic E-state index is 11.4. The maximum atomic E-state index is 11.4. The Morgan fingerprint density at radius 3 is 2.62 bits per heavy atom.